The normalized spacial score (nSPS) is 23.6. The van der Waals surface area contributed by atoms with Gasteiger partial charge in [-0.15, -0.1) is 0 Å². The Hall–Kier alpha value is -0.120. The molecule has 2 atom stereocenters. The molecule has 0 aromatic rings. The average molecular weight is 227 g/mol. The lowest BCUT2D eigenvalue weighted by Gasteiger charge is -2.41. The summed E-state index contributed by atoms with van der Waals surface area (Å²) < 4.78 is 0. The van der Waals surface area contributed by atoms with Crippen LogP contribution in [0, 0.1) is 0 Å². The summed E-state index contributed by atoms with van der Waals surface area (Å²) in [5.41, 5.74) is 0. The number of nitrogens with one attached hydrogen (secondary N) is 1. The zero-order chi connectivity index (χ0) is 12.1. The molecule has 1 aliphatic heterocycles. The van der Waals surface area contributed by atoms with Crippen LogP contribution in [0.4, 0.5) is 0 Å². The molecule has 0 amide bonds. The molecule has 0 spiro atoms. The van der Waals surface area contributed by atoms with Gasteiger partial charge in [0.15, 0.2) is 0 Å². The third-order valence-electron chi connectivity index (χ3n) is 3.90. The summed E-state index contributed by atoms with van der Waals surface area (Å²) in [7, 11) is 0. The Labute approximate surface area is 101 Å². The van der Waals surface area contributed by atoms with Gasteiger partial charge in [0.2, 0.25) is 0 Å². The van der Waals surface area contributed by atoms with Crippen molar-refractivity contribution in [3.8, 4) is 0 Å². The molecule has 0 aliphatic carbocycles. The lowest BCUT2D eigenvalue weighted by molar-refractivity contribution is 0.0725. The van der Waals surface area contributed by atoms with Gasteiger partial charge in [0, 0.05) is 44.3 Å². The summed E-state index contributed by atoms with van der Waals surface area (Å²) in [6.45, 7) is 17.4. The number of hydrogen-bond acceptors (Lipinski definition) is 3. The van der Waals surface area contributed by atoms with E-state index in [9.17, 15) is 0 Å². The molecule has 1 rings (SSSR count). The Morgan fingerprint density at radius 2 is 1.44 bits per heavy atom. The first-order chi connectivity index (χ1) is 7.56. The summed E-state index contributed by atoms with van der Waals surface area (Å²) >= 11 is 0. The van der Waals surface area contributed by atoms with Gasteiger partial charge in [-0.1, -0.05) is 6.92 Å². The van der Waals surface area contributed by atoms with Crippen molar-refractivity contribution in [1.29, 1.82) is 0 Å². The van der Waals surface area contributed by atoms with Crippen molar-refractivity contribution in [3.63, 3.8) is 0 Å². The van der Waals surface area contributed by atoms with Gasteiger partial charge in [-0.05, 0) is 34.2 Å². The second-order valence-corrected chi connectivity index (χ2v) is 5.25. The van der Waals surface area contributed by atoms with Crippen LogP contribution >= 0.6 is 0 Å². The molecular formula is C13H29N3. The molecule has 3 heteroatoms. The van der Waals surface area contributed by atoms with Crippen molar-refractivity contribution in [2.75, 3.05) is 32.7 Å². The lowest BCUT2D eigenvalue weighted by atomic mass is 10.1. The molecule has 1 N–H and O–H groups in total. The maximum atomic E-state index is 3.52. The minimum atomic E-state index is 0.593. The second kappa shape index (κ2) is 6.58. The molecule has 0 aromatic heterocycles. The first kappa shape index (κ1) is 13.9. The molecular weight excluding hydrogens is 198 g/mol. The van der Waals surface area contributed by atoms with E-state index in [4.69, 9.17) is 0 Å². The maximum Gasteiger partial charge on any atom is 0.0219 e. The molecule has 1 saturated heterocycles. The summed E-state index contributed by atoms with van der Waals surface area (Å²) in [5.74, 6) is 0. The van der Waals surface area contributed by atoms with E-state index in [-0.39, 0.29) is 0 Å². The van der Waals surface area contributed by atoms with Crippen LogP contribution in [-0.4, -0.2) is 60.6 Å². The van der Waals surface area contributed by atoms with Crippen LogP contribution in [0.2, 0.25) is 0 Å². The van der Waals surface area contributed by atoms with Crippen LogP contribution in [0.15, 0.2) is 0 Å². The summed E-state index contributed by atoms with van der Waals surface area (Å²) in [4.78, 5) is 5.19. The van der Waals surface area contributed by atoms with E-state index in [0.29, 0.717) is 18.1 Å². The molecule has 1 fully saturated rings. The van der Waals surface area contributed by atoms with Crippen LogP contribution in [-0.2, 0) is 0 Å². The third kappa shape index (κ3) is 3.72. The van der Waals surface area contributed by atoms with Crippen molar-refractivity contribution in [1.82, 2.24) is 15.1 Å². The number of piperazine rings is 1. The fourth-order valence-corrected chi connectivity index (χ4v) is 2.47. The van der Waals surface area contributed by atoms with Crippen molar-refractivity contribution < 1.29 is 0 Å². The smallest absolute Gasteiger partial charge is 0.0219 e. The number of likely N-dealkylation sites (N-methyl/N-ethyl adjacent to an activating group) is 1. The standard InChI is InChI=1S/C13H29N3/c1-6-14-12(4)13(5)16-9-7-15(8-10-16)11(2)3/h11-14H,6-10H2,1-5H3. The first-order valence-electron chi connectivity index (χ1n) is 6.77. The van der Waals surface area contributed by atoms with Crippen LogP contribution in [0.25, 0.3) is 0 Å². The highest BCUT2D eigenvalue weighted by Crippen LogP contribution is 2.11. The van der Waals surface area contributed by atoms with Gasteiger partial charge in [0.05, 0.1) is 0 Å². The van der Waals surface area contributed by atoms with Crippen LogP contribution in [0.3, 0.4) is 0 Å². The Morgan fingerprint density at radius 3 is 1.88 bits per heavy atom. The van der Waals surface area contributed by atoms with Crippen molar-refractivity contribution in [2.24, 2.45) is 0 Å². The van der Waals surface area contributed by atoms with E-state index in [1.165, 1.54) is 26.2 Å². The van der Waals surface area contributed by atoms with E-state index in [2.05, 4.69) is 49.7 Å². The highest BCUT2D eigenvalue weighted by molar-refractivity contribution is 4.82. The van der Waals surface area contributed by atoms with Crippen molar-refractivity contribution >= 4 is 0 Å². The van der Waals surface area contributed by atoms with Gasteiger partial charge in [-0.3, -0.25) is 9.80 Å². The lowest BCUT2D eigenvalue weighted by Crippen LogP contribution is -2.55. The van der Waals surface area contributed by atoms with E-state index in [0.717, 1.165) is 6.54 Å². The SMILES string of the molecule is CCNC(C)C(C)N1CCN(C(C)C)CC1. The largest absolute Gasteiger partial charge is 0.313 e. The molecule has 0 aromatic carbocycles. The maximum absolute atomic E-state index is 3.52. The molecule has 1 aliphatic rings. The van der Waals surface area contributed by atoms with Crippen LogP contribution in [0.5, 0.6) is 0 Å². The zero-order valence-electron chi connectivity index (χ0n) is 11.7. The van der Waals surface area contributed by atoms with Gasteiger partial charge >= 0.3 is 0 Å². The summed E-state index contributed by atoms with van der Waals surface area (Å²) in [5, 5.41) is 3.52. The Balaban J connectivity index is 2.35. The Bertz CT molecular complexity index is 186. The minimum absolute atomic E-state index is 0.593. The van der Waals surface area contributed by atoms with Gasteiger partial charge in [-0.2, -0.15) is 0 Å². The fraction of sp³-hybridized carbons (Fsp3) is 1.00. The zero-order valence-corrected chi connectivity index (χ0v) is 11.7. The minimum Gasteiger partial charge on any atom is -0.313 e. The van der Waals surface area contributed by atoms with Gasteiger partial charge in [0.25, 0.3) is 0 Å². The molecule has 1 heterocycles. The van der Waals surface area contributed by atoms with E-state index in [1.807, 2.05) is 0 Å². The molecule has 0 saturated carbocycles. The Morgan fingerprint density at radius 1 is 0.938 bits per heavy atom. The van der Waals surface area contributed by atoms with E-state index < -0.39 is 0 Å². The predicted octanol–water partition coefficient (Wildman–Crippen LogP) is 1.40. The number of nitrogens with zero attached hydrogens (tertiary/aromatic N) is 2. The second-order valence-electron chi connectivity index (χ2n) is 5.25. The number of rotatable bonds is 5. The molecule has 0 bridgehead atoms. The first-order valence-corrected chi connectivity index (χ1v) is 6.77. The highest BCUT2D eigenvalue weighted by Gasteiger charge is 2.24. The third-order valence-corrected chi connectivity index (χ3v) is 3.90. The Kier molecular flexibility index (Phi) is 5.73. The van der Waals surface area contributed by atoms with Gasteiger partial charge < -0.3 is 5.32 Å². The molecule has 96 valence electrons. The molecule has 16 heavy (non-hydrogen) atoms. The predicted molar refractivity (Wildman–Crippen MR) is 70.9 cm³/mol. The molecule has 3 nitrogen and oxygen atoms in total. The van der Waals surface area contributed by atoms with E-state index in [1.54, 1.807) is 0 Å². The summed E-state index contributed by atoms with van der Waals surface area (Å²) in [6.07, 6.45) is 0. The van der Waals surface area contributed by atoms with Gasteiger partial charge in [-0.25, -0.2) is 0 Å². The van der Waals surface area contributed by atoms with Crippen LogP contribution in [0.1, 0.15) is 34.6 Å². The van der Waals surface area contributed by atoms with Gasteiger partial charge in [0.1, 0.15) is 0 Å². The van der Waals surface area contributed by atoms with Crippen molar-refractivity contribution in [2.45, 2.75) is 52.7 Å². The molecule has 0 radical (unpaired) electrons. The fourth-order valence-electron chi connectivity index (χ4n) is 2.47. The van der Waals surface area contributed by atoms with Crippen LogP contribution < -0.4 is 5.32 Å². The topological polar surface area (TPSA) is 18.5 Å². The molecule has 2 unspecified atom stereocenters. The quantitative estimate of drug-likeness (QED) is 0.766. The monoisotopic (exact) mass is 227 g/mol. The average Bonchev–Trinajstić information content (AvgIpc) is 2.28. The summed E-state index contributed by atoms with van der Waals surface area (Å²) in [6, 6.07) is 1.94. The highest BCUT2D eigenvalue weighted by atomic mass is 15.3. The number of hydrogen-bond donors (Lipinski definition) is 1. The van der Waals surface area contributed by atoms with E-state index >= 15 is 0 Å². The van der Waals surface area contributed by atoms with Crippen molar-refractivity contribution in [3.05, 3.63) is 0 Å².